The molecule has 0 saturated carbocycles. The van der Waals surface area contributed by atoms with Gasteiger partial charge >= 0.3 is 0 Å². The third-order valence-corrected chi connectivity index (χ3v) is 3.01. The molecule has 1 heterocycles. The zero-order valence-electron chi connectivity index (χ0n) is 9.42. The van der Waals surface area contributed by atoms with Crippen LogP contribution in [-0.2, 0) is 5.88 Å². The lowest BCUT2D eigenvalue weighted by Crippen LogP contribution is -1.99. The fraction of sp³-hybridized carbons (Fsp3) is 0.0769. The average Bonchev–Trinajstić information content (AvgIpc) is 2.83. The van der Waals surface area contributed by atoms with Gasteiger partial charge in [0, 0.05) is 5.56 Å². The summed E-state index contributed by atoms with van der Waals surface area (Å²) in [6.07, 6.45) is 0. The smallest absolute Gasteiger partial charge is 0.120 e. The lowest BCUT2D eigenvalue weighted by molar-refractivity contribution is 0.470. The highest BCUT2D eigenvalue weighted by Gasteiger charge is 2.06. The molecule has 18 heavy (non-hydrogen) atoms. The van der Waals surface area contributed by atoms with Crippen molar-refractivity contribution >= 4 is 22.6 Å². The molecule has 0 radical (unpaired) electrons. The molecular formula is C13H10ClN3O. The third-order valence-electron chi connectivity index (χ3n) is 2.72. The van der Waals surface area contributed by atoms with Crippen molar-refractivity contribution in [2.75, 3.05) is 0 Å². The molecule has 0 amide bonds. The lowest BCUT2D eigenvalue weighted by atomic mass is 10.2. The Hall–Kier alpha value is -2.07. The summed E-state index contributed by atoms with van der Waals surface area (Å²) < 4.78 is 0. The maximum atomic E-state index is 9.59. The van der Waals surface area contributed by atoms with E-state index in [4.69, 9.17) is 11.6 Å². The van der Waals surface area contributed by atoms with E-state index in [-0.39, 0.29) is 11.6 Å². The van der Waals surface area contributed by atoms with Gasteiger partial charge in [-0.25, -0.2) is 0 Å². The van der Waals surface area contributed by atoms with E-state index in [1.54, 1.807) is 23.0 Å². The van der Waals surface area contributed by atoms with Crippen LogP contribution in [0.3, 0.4) is 0 Å². The van der Waals surface area contributed by atoms with Crippen molar-refractivity contribution in [3.8, 4) is 11.4 Å². The van der Waals surface area contributed by atoms with Crippen molar-refractivity contribution in [2.45, 2.75) is 5.88 Å². The maximum Gasteiger partial charge on any atom is 0.120 e. The number of aromatic nitrogens is 3. The highest BCUT2D eigenvalue weighted by molar-refractivity contribution is 6.17. The minimum Gasteiger partial charge on any atom is -0.508 e. The number of hydrogen-bond donors (Lipinski definition) is 1. The van der Waals surface area contributed by atoms with E-state index in [0.29, 0.717) is 5.56 Å². The van der Waals surface area contributed by atoms with Gasteiger partial charge in [-0.1, -0.05) is 12.1 Å². The van der Waals surface area contributed by atoms with Crippen LogP contribution in [0.2, 0.25) is 0 Å². The molecule has 1 N–H and O–H groups in total. The first-order chi connectivity index (χ1) is 8.78. The van der Waals surface area contributed by atoms with Crippen LogP contribution in [0.25, 0.3) is 16.7 Å². The Balaban J connectivity index is 2.13. The topological polar surface area (TPSA) is 50.9 Å². The van der Waals surface area contributed by atoms with Gasteiger partial charge in [-0.05, 0) is 30.3 Å². The van der Waals surface area contributed by atoms with E-state index in [2.05, 4.69) is 10.2 Å². The van der Waals surface area contributed by atoms with Crippen molar-refractivity contribution in [2.24, 2.45) is 0 Å². The number of phenolic OH excluding ortho intramolecular Hbond substituents is 1. The van der Waals surface area contributed by atoms with Gasteiger partial charge in [-0.2, -0.15) is 4.80 Å². The Bertz CT molecular complexity index is 675. The minimum atomic E-state index is 0.186. The Morgan fingerprint density at radius 3 is 2.33 bits per heavy atom. The zero-order valence-corrected chi connectivity index (χ0v) is 10.2. The standard InChI is InChI=1S/C13H10ClN3O/c14-8-9-7-10(5-6-13(9)18)17-15-11-3-1-2-4-12(11)16-17/h1-7,18H,8H2. The average molecular weight is 260 g/mol. The van der Waals surface area contributed by atoms with E-state index in [1.165, 1.54) is 0 Å². The molecule has 4 nitrogen and oxygen atoms in total. The molecule has 0 fully saturated rings. The van der Waals surface area contributed by atoms with Crippen molar-refractivity contribution in [1.82, 2.24) is 15.0 Å². The molecule has 0 saturated heterocycles. The van der Waals surface area contributed by atoms with E-state index < -0.39 is 0 Å². The predicted molar refractivity (Wildman–Crippen MR) is 70.1 cm³/mol. The SMILES string of the molecule is Oc1ccc(-n2nc3ccccc3n2)cc1CCl. The van der Waals surface area contributed by atoms with Crippen LogP contribution in [0.15, 0.2) is 42.5 Å². The summed E-state index contributed by atoms with van der Waals surface area (Å²) in [5.74, 6) is 0.436. The second-order valence-electron chi connectivity index (χ2n) is 3.92. The lowest BCUT2D eigenvalue weighted by Gasteiger charge is -2.03. The summed E-state index contributed by atoms with van der Waals surface area (Å²) in [5.41, 5.74) is 3.10. The van der Waals surface area contributed by atoms with Gasteiger partial charge in [0.15, 0.2) is 0 Å². The van der Waals surface area contributed by atoms with E-state index in [0.717, 1.165) is 16.7 Å². The summed E-state index contributed by atoms with van der Waals surface area (Å²) >= 11 is 5.76. The number of nitrogens with zero attached hydrogens (tertiary/aromatic N) is 3. The van der Waals surface area contributed by atoms with Gasteiger partial charge in [0.1, 0.15) is 16.8 Å². The fourth-order valence-electron chi connectivity index (χ4n) is 1.78. The molecular weight excluding hydrogens is 250 g/mol. The highest BCUT2D eigenvalue weighted by Crippen LogP contribution is 2.22. The number of rotatable bonds is 2. The van der Waals surface area contributed by atoms with Gasteiger partial charge < -0.3 is 5.11 Å². The minimum absolute atomic E-state index is 0.186. The van der Waals surface area contributed by atoms with E-state index >= 15 is 0 Å². The molecule has 2 aromatic carbocycles. The van der Waals surface area contributed by atoms with Gasteiger partial charge in [-0.15, -0.1) is 21.8 Å². The van der Waals surface area contributed by atoms with Crippen LogP contribution < -0.4 is 0 Å². The molecule has 0 spiro atoms. The van der Waals surface area contributed by atoms with Crippen LogP contribution in [0.4, 0.5) is 0 Å². The molecule has 0 aliphatic carbocycles. The number of halogens is 1. The number of aromatic hydroxyl groups is 1. The normalized spacial score (nSPS) is 10.9. The van der Waals surface area contributed by atoms with Crippen molar-refractivity contribution in [3.63, 3.8) is 0 Å². The summed E-state index contributed by atoms with van der Waals surface area (Å²) in [6, 6.07) is 12.8. The molecule has 3 rings (SSSR count). The molecule has 0 bridgehead atoms. The largest absolute Gasteiger partial charge is 0.508 e. The quantitative estimate of drug-likeness (QED) is 0.720. The summed E-state index contributed by atoms with van der Waals surface area (Å²) in [7, 11) is 0. The third kappa shape index (κ3) is 1.80. The Kier molecular flexibility index (Phi) is 2.64. The molecule has 5 heteroatoms. The first kappa shape index (κ1) is 11.0. The molecule has 3 aromatic rings. The Morgan fingerprint density at radius 2 is 1.72 bits per heavy atom. The van der Waals surface area contributed by atoms with E-state index in [9.17, 15) is 5.11 Å². The second kappa shape index (κ2) is 4.31. The first-order valence-corrected chi connectivity index (χ1v) is 6.02. The van der Waals surface area contributed by atoms with E-state index in [1.807, 2.05) is 24.3 Å². The molecule has 90 valence electrons. The van der Waals surface area contributed by atoms with Crippen molar-refractivity contribution < 1.29 is 5.11 Å². The predicted octanol–water partition coefficient (Wildman–Crippen LogP) is 2.86. The van der Waals surface area contributed by atoms with Gasteiger partial charge in [-0.3, -0.25) is 0 Å². The van der Waals surface area contributed by atoms with Crippen LogP contribution in [-0.4, -0.2) is 20.1 Å². The first-order valence-electron chi connectivity index (χ1n) is 5.48. The molecule has 0 aliphatic heterocycles. The monoisotopic (exact) mass is 259 g/mol. The highest BCUT2D eigenvalue weighted by atomic mass is 35.5. The number of alkyl halides is 1. The van der Waals surface area contributed by atoms with Gasteiger partial charge in [0.05, 0.1) is 11.6 Å². The van der Waals surface area contributed by atoms with Crippen LogP contribution in [0.1, 0.15) is 5.56 Å². The second-order valence-corrected chi connectivity index (χ2v) is 4.19. The zero-order chi connectivity index (χ0) is 12.5. The number of fused-ring (bicyclic) bond motifs is 1. The number of hydrogen-bond acceptors (Lipinski definition) is 3. The Morgan fingerprint density at radius 1 is 1.06 bits per heavy atom. The van der Waals surface area contributed by atoms with Crippen LogP contribution in [0.5, 0.6) is 5.75 Å². The molecule has 0 atom stereocenters. The van der Waals surface area contributed by atoms with Gasteiger partial charge in [0.2, 0.25) is 0 Å². The van der Waals surface area contributed by atoms with Crippen molar-refractivity contribution in [1.29, 1.82) is 0 Å². The van der Waals surface area contributed by atoms with Crippen LogP contribution >= 0.6 is 11.6 Å². The summed E-state index contributed by atoms with van der Waals surface area (Å²) in [4.78, 5) is 1.54. The Labute approximate surface area is 108 Å². The van der Waals surface area contributed by atoms with Crippen LogP contribution in [0, 0.1) is 0 Å². The van der Waals surface area contributed by atoms with Crippen molar-refractivity contribution in [3.05, 3.63) is 48.0 Å². The number of phenols is 1. The molecule has 1 aromatic heterocycles. The summed E-state index contributed by atoms with van der Waals surface area (Å²) in [6.45, 7) is 0. The molecule has 0 aliphatic rings. The van der Waals surface area contributed by atoms with Gasteiger partial charge in [0.25, 0.3) is 0 Å². The fourth-order valence-corrected chi connectivity index (χ4v) is 1.99. The molecule has 0 unspecified atom stereocenters. The summed E-state index contributed by atoms with van der Waals surface area (Å²) in [5, 5.41) is 18.3. The maximum absolute atomic E-state index is 9.59. The number of benzene rings is 2.